The predicted octanol–water partition coefficient (Wildman–Crippen LogP) is 2.47. The monoisotopic (exact) mass is 400 g/mol. The van der Waals surface area contributed by atoms with E-state index >= 15 is 0 Å². The summed E-state index contributed by atoms with van der Waals surface area (Å²) in [4.78, 5) is -0.579. The summed E-state index contributed by atoms with van der Waals surface area (Å²) >= 11 is 10.2. The Bertz CT molecular complexity index is 647. The van der Waals surface area contributed by atoms with Gasteiger partial charge in [0.25, 0.3) is 0 Å². The first-order valence-corrected chi connectivity index (χ1v) is 9.06. The van der Waals surface area contributed by atoms with Crippen molar-refractivity contribution in [3.63, 3.8) is 0 Å². The zero-order valence-electron chi connectivity index (χ0n) is 10.1. The van der Waals surface area contributed by atoms with Crippen molar-refractivity contribution in [2.24, 2.45) is 0 Å². The third-order valence-corrected chi connectivity index (χ3v) is 5.87. The lowest BCUT2D eigenvalue weighted by molar-refractivity contribution is 0.560. The average molecular weight is 402 g/mol. The van der Waals surface area contributed by atoms with Gasteiger partial charge >= 0.3 is 0 Å². The first-order valence-electron chi connectivity index (χ1n) is 5.25. The third kappa shape index (κ3) is 4.27. The van der Waals surface area contributed by atoms with Crippen LogP contribution in [0.25, 0.3) is 0 Å². The molecule has 9 heteroatoms. The predicted molar refractivity (Wildman–Crippen MR) is 84.9 cm³/mol. The molecular formula is C11H11BrClFN2O2S2. The molecule has 0 radical (unpaired) electrons. The van der Waals surface area contributed by atoms with E-state index in [9.17, 15) is 12.8 Å². The third-order valence-electron chi connectivity index (χ3n) is 2.17. The second kappa shape index (κ2) is 7.52. The molecule has 0 heterocycles. The van der Waals surface area contributed by atoms with Crippen LogP contribution in [0.1, 0.15) is 0 Å². The average Bonchev–Trinajstić information content (AvgIpc) is 2.40. The molecule has 0 aromatic heterocycles. The van der Waals surface area contributed by atoms with Crippen molar-refractivity contribution in [2.75, 3.05) is 23.8 Å². The van der Waals surface area contributed by atoms with Gasteiger partial charge in [-0.15, -0.1) is 18.2 Å². The fourth-order valence-electron chi connectivity index (χ4n) is 1.25. The number of hydrogen-bond acceptors (Lipinski definition) is 4. The van der Waals surface area contributed by atoms with Gasteiger partial charge in [0.2, 0.25) is 10.0 Å². The maximum Gasteiger partial charge on any atom is 0.243 e. The second-order valence-corrected chi connectivity index (χ2v) is 7.59. The lowest BCUT2D eigenvalue weighted by Gasteiger charge is -2.11. The van der Waals surface area contributed by atoms with Gasteiger partial charge in [0.05, 0.1) is 20.9 Å². The number of nitrogens with two attached hydrogens (primary N) is 1. The highest BCUT2D eigenvalue weighted by atomic mass is 79.9. The smallest absolute Gasteiger partial charge is 0.243 e. The van der Waals surface area contributed by atoms with Gasteiger partial charge in [-0.25, -0.2) is 17.5 Å². The number of halogens is 3. The normalized spacial score (nSPS) is 11.3. The summed E-state index contributed by atoms with van der Waals surface area (Å²) in [7, 11) is -4.02. The van der Waals surface area contributed by atoms with Gasteiger partial charge in [0.1, 0.15) is 4.90 Å². The number of anilines is 1. The van der Waals surface area contributed by atoms with Gasteiger partial charge < -0.3 is 5.73 Å². The van der Waals surface area contributed by atoms with E-state index in [2.05, 4.69) is 26.6 Å². The summed E-state index contributed by atoms with van der Waals surface area (Å²) in [6.45, 7) is 0.127. The molecule has 3 N–H and O–H groups in total. The van der Waals surface area contributed by atoms with Crippen molar-refractivity contribution < 1.29 is 12.8 Å². The van der Waals surface area contributed by atoms with E-state index in [1.54, 1.807) is 0 Å². The van der Waals surface area contributed by atoms with Crippen LogP contribution in [0.4, 0.5) is 10.1 Å². The maximum atomic E-state index is 13.9. The molecule has 0 aliphatic carbocycles. The molecule has 110 valence electrons. The summed E-state index contributed by atoms with van der Waals surface area (Å²) in [6, 6.07) is 1.01. The standard InChI is InChI=1S/C11H11BrClFN2O2S2/c1-2-4-19-5-3-16-20(17,18)8-6-7(13)9(12)11(15)10(8)14/h1,6,16H,3-5,15H2. The molecule has 1 aromatic carbocycles. The van der Waals surface area contributed by atoms with Crippen LogP contribution in [0.3, 0.4) is 0 Å². The molecule has 4 nitrogen and oxygen atoms in total. The number of terminal acetylenes is 1. The Morgan fingerprint density at radius 1 is 1.60 bits per heavy atom. The van der Waals surface area contributed by atoms with E-state index in [0.29, 0.717) is 11.5 Å². The highest BCUT2D eigenvalue weighted by Crippen LogP contribution is 2.34. The molecule has 0 bridgehead atoms. The van der Waals surface area contributed by atoms with Crippen molar-refractivity contribution in [2.45, 2.75) is 4.90 Å². The van der Waals surface area contributed by atoms with E-state index in [0.717, 1.165) is 6.07 Å². The second-order valence-electron chi connectivity index (χ2n) is 3.55. The van der Waals surface area contributed by atoms with Gasteiger partial charge in [-0.05, 0) is 22.0 Å². The molecule has 1 rings (SSSR count). The highest BCUT2D eigenvalue weighted by Gasteiger charge is 2.23. The molecule has 0 unspecified atom stereocenters. The Hall–Kier alpha value is -0.460. The lowest BCUT2D eigenvalue weighted by atomic mass is 10.3. The van der Waals surface area contributed by atoms with Crippen LogP contribution in [0.15, 0.2) is 15.4 Å². The van der Waals surface area contributed by atoms with Crippen LogP contribution in [-0.2, 0) is 10.0 Å². The number of benzene rings is 1. The van der Waals surface area contributed by atoms with Crippen molar-refractivity contribution in [1.82, 2.24) is 4.72 Å². The zero-order chi connectivity index (χ0) is 15.3. The van der Waals surface area contributed by atoms with Crippen molar-refractivity contribution >= 4 is 55.0 Å². The molecule has 0 atom stereocenters. The van der Waals surface area contributed by atoms with Gasteiger partial charge in [-0.2, -0.15) is 0 Å². The van der Waals surface area contributed by atoms with Crippen molar-refractivity contribution in [1.29, 1.82) is 0 Å². The van der Waals surface area contributed by atoms with E-state index in [-0.39, 0.29) is 21.7 Å². The zero-order valence-corrected chi connectivity index (χ0v) is 14.1. The summed E-state index contributed by atoms with van der Waals surface area (Å²) < 4.78 is 40.2. The van der Waals surface area contributed by atoms with E-state index in [1.807, 2.05) is 0 Å². The molecule has 0 saturated heterocycles. The lowest BCUT2D eigenvalue weighted by Crippen LogP contribution is -2.27. The summed E-state index contributed by atoms with van der Waals surface area (Å²) in [5, 5.41) is 0.0194. The summed E-state index contributed by atoms with van der Waals surface area (Å²) in [5.74, 6) is 2.33. The first-order chi connectivity index (χ1) is 9.31. The fraction of sp³-hybridized carbons (Fsp3) is 0.273. The number of thioether (sulfide) groups is 1. The van der Waals surface area contributed by atoms with Crippen LogP contribution in [0.5, 0.6) is 0 Å². The minimum Gasteiger partial charge on any atom is -0.395 e. The van der Waals surface area contributed by atoms with E-state index < -0.39 is 20.7 Å². The molecule has 0 aliphatic rings. The van der Waals surface area contributed by atoms with Crippen LogP contribution in [0, 0.1) is 18.2 Å². The van der Waals surface area contributed by atoms with Crippen molar-refractivity contribution in [3.8, 4) is 12.3 Å². The maximum absolute atomic E-state index is 13.9. The Kier molecular flexibility index (Phi) is 6.61. The van der Waals surface area contributed by atoms with Gasteiger partial charge in [0.15, 0.2) is 5.82 Å². The van der Waals surface area contributed by atoms with E-state index in [4.69, 9.17) is 23.8 Å². The number of hydrogen-bond donors (Lipinski definition) is 2. The molecule has 20 heavy (non-hydrogen) atoms. The number of nitrogen functional groups attached to an aromatic ring is 1. The van der Waals surface area contributed by atoms with Crippen LogP contribution >= 0.6 is 39.3 Å². The Labute approximate surface area is 134 Å². The quantitative estimate of drug-likeness (QED) is 0.332. The molecule has 1 aromatic rings. The van der Waals surface area contributed by atoms with Crippen LogP contribution < -0.4 is 10.5 Å². The molecule has 0 amide bonds. The molecule has 0 aliphatic heterocycles. The highest BCUT2D eigenvalue weighted by molar-refractivity contribution is 9.10. The SMILES string of the molecule is C#CCSCCNS(=O)(=O)c1cc(Cl)c(Br)c(N)c1F. The Balaban J connectivity index is 2.91. The molecule has 0 saturated carbocycles. The fourth-order valence-corrected chi connectivity index (χ4v) is 3.60. The number of sulfonamides is 1. The van der Waals surface area contributed by atoms with Gasteiger partial charge in [0, 0.05) is 12.3 Å². The van der Waals surface area contributed by atoms with Crippen LogP contribution in [0.2, 0.25) is 5.02 Å². The minimum atomic E-state index is -4.02. The summed E-state index contributed by atoms with van der Waals surface area (Å²) in [5.41, 5.74) is 5.10. The summed E-state index contributed by atoms with van der Waals surface area (Å²) in [6.07, 6.45) is 5.06. The molecular weight excluding hydrogens is 391 g/mol. The Morgan fingerprint density at radius 3 is 2.85 bits per heavy atom. The van der Waals surface area contributed by atoms with E-state index in [1.165, 1.54) is 11.8 Å². The topological polar surface area (TPSA) is 72.2 Å². The number of nitrogens with one attached hydrogen (secondary N) is 1. The van der Waals surface area contributed by atoms with Gasteiger partial charge in [-0.3, -0.25) is 0 Å². The largest absolute Gasteiger partial charge is 0.395 e. The first kappa shape index (κ1) is 17.6. The Morgan fingerprint density at radius 2 is 2.25 bits per heavy atom. The number of rotatable bonds is 6. The minimum absolute atomic E-state index is 0.0194. The molecule has 0 spiro atoms. The van der Waals surface area contributed by atoms with Crippen LogP contribution in [-0.4, -0.2) is 26.5 Å². The van der Waals surface area contributed by atoms with Crippen molar-refractivity contribution in [3.05, 3.63) is 21.4 Å². The molecule has 0 fully saturated rings. The van der Waals surface area contributed by atoms with Gasteiger partial charge in [-0.1, -0.05) is 17.5 Å².